The Morgan fingerprint density at radius 2 is 1.95 bits per heavy atom. The number of benzene rings is 1. The fourth-order valence-corrected chi connectivity index (χ4v) is 4.10. The highest BCUT2D eigenvalue weighted by Crippen LogP contribution is 2.48. The molecule has 20 heavy (non-hydrogen) atoms. The Bertz CT molecular complexity index is 492. The first-order chi connectivity index (χ1) is 9.71. The lowest BCUT2D eigenvalue weighted by Gasteiger charge is -2.23. The van der Waals surface area contributed by atoms with Crippen molar-refractivity contribution in [2.75, 3.05) is 26.1 Å². The quantitative estimate of drug-likeness (QED) is 0.883. The Morgan fingerprint density at radius 1 is 1.15 bits per heavy atom. The monoisotopic (exact) mass is 295 g/mol. The summed E-state index contributed by atoms with van der Waals surface area (Å²) in [5.41, 5.74) is 0.969. The lowest BCUT2D eigenvalue weighted by molar-refractivity contribution is 0.347. The van der Waals surface area contributed by atoms with Gasteiger partial charge < -0.3 is 14.8 Å². The third-order valence-corrected chi connectivity index (χ3v) is 5.21. The van der Waals surface area contributed by atoms with E-state index >= 15 is 0 Å². The van der Waals surface area contributed by atoms with Crippen molar-refractivity contribution >= 4 is 17.3 Å². The predicted molar refractivity (Wildman–Crippen MR) is 82.0 cm³/mol. The molecule has 1 aromatic rings. The van der Waals surface area contributed by atoms with Gasteiger partial charge in [0.25, 0.3) is 0 Å². The zero-order chi connectivity index (χ0) is 14.1. The van der Waals surface area contributed by atoms with Gasteiger partial charge in [0.15, 0.2) is 0 Å². The zero-order valence-corrected chi connectivity index (χ0v) is 12.9. The van der Waals surface area contributed by atoms with E-state index in [0.29, 0.717) is 10.8 Å². The number of hydrogen-bond acceptors (Lipinski definition) is 3. The van der Waals surface area contributed by atoms with Crippen molar-refractivity contribution < 1.29 is 9.47 Å². The molecule has 3 unspecified atom stereocenters. The first-order valence-electron chi connectivity index (χ1n) is 7.36. The van der Waals surface area contributed by atoms with Gasteiger partial charge in [-0.2, -0.15) is 0 Å². The van der Waals surface area contributed by atoms with Crippen molar-refractivity contribution in [1.29, 1.82) is 0 Å². The van der Waals surface area contributed by atoms with Crippen LogP contribution in [0, 0.1) is 17.8 Å². The minimum atomic E-state index is 0.579. The largest absolute Gasteiger partial charge is 0.495 e. The van der Waals surface area contributed by atoms with Crippen molar-refractivity contribution in [3.63, 3.8) is 0 Å². The van der Waals surface area contributed by atoms with Crippen LogP contribution in [-0.2, 0) is 0 Å². The molecule has 2 aliphatic carbocycles. The fraction of sp³-hybridized carbons (Fsp3) is 0.625. The Kier molecular flexibility index (Phi) is 3.97. The number of hydrogen-bond donors (Lipinski definition) is 1. The van der Waals surface area contributed by atoms with Gasteiger partial charge in [-0.15, -0.1) is 0 Å². The van der Waals surface area contributed by atoms with E-state index in [0.717, 1.165) is 35.7 Å². The molecule has 2 bridgehead atoms. The van der Waals surface area contributed by atoms with Crippen molar-refractivity contribution in [2.45, 2.75) is 25.7 Å². The van der Waals surface area contributed by atoms with Gasteiger partial charge in [-0.3, -0.25) is 0 Å². The lowest BCUT2D eigenvalue weighted by Crippen LogP contribution is -2.20. The summed E-state index contributed by atoms with van der Waals surface area (Å²) >= 11 is 6.13. The minimum absolute atomic E-state index is 0.579. The molecule has 0 aliphatic heterocycles. The van der Waals surface area contributed by atoms with E-state index in [2.05, 4.69) is 5.32 Å². The molecule has 0 saturated heterocycles. The van der Waals surface area contributed by atoms with Crippen molar-refractivity contribution in [3.8, 4) is 11.5 Å². The molecule has 2 saturated carbocycles. The third kappa shape index (κ3) is 2.56. The molecule has 0 radical (unpaired) electrons. The number of halogens is 1. The van der Waals surface area contributed by atoms with Gasteiger partial charge >= 0.3 is 0 Å². The molecule has 110 valence electrons. The van der Waals surface area contributed by atoms with Crippen molar-refractivity contribution in [1.82, 2.24) is 0 Å². The second kappa shape index (κ2) is 5.72. The van der Waals surface area contributed by atoms with Crippen molar-refractivity contribution in [2.24, 2.45) is 17.8 Å². The Labute approximate surface area is 125 Å². The van der Waals surface area contributed by atoms with Crippen LogP contribution >= 0.6 is 11.6 Å². The van der Waals surface area contributed by atoms with Gasteiger partial charge in [-0.25, -0.2) is 0 Å². The van der Waals surface area contributed by atoms with Crippen LogP contribution in [0.5, 0.6) is 11.5 Å². The third-order valence-electron chi connectivity index (χ3n) is 4.91. The highest BCUT2D eigenvalue weighted by molar-refractivity contribution is 6.32. The van der Waals surface area contributed by atoms with Gasteiger partial charge in [0.1, 0.15) is 11.5 Å². The van der Waals surface area contributed by atoms with E-state index in [9.17, 15) is 0 Å². The summed E-state index contributed by atoms with van der Waals surface area (Å²) < 4.78 is 10.7. The number of ether oxygens (including phenoxy) is 2. The first kappa shape index (κ1) is 13.9. The topological polar surface area (TPSA) is 30.5 Å². The molecular formula is C16H22ClNO2. The summed E-state index contributed by atoms with van der Waals surface area (Å²) in [6.45, 7) is 1.02. The molecule has 0 heterocycles. The highest BCUT2D eigenvalue weighted by Gasteiger charge is 2.39. The number of nitrogens with one attached hydrogen (secondary N) is 1. The smallest absolute Gasteiger partial charge is 0.143 e. The maximum Gasteiger partial charge on any atom is 0.143 e. The van der Waals surface area contributed by atoms with Crippen LogP contribution < -0.4 is 14.8 Å². The predicted octanol–water partition coefficient (Wildman–Crippen LogP) is 4.21. The number of anilines is 1. The van der Waals surface area contributed by atoms with Crippen LogP contribution in [-0.4, -0.2) is 20.8 Å². The molecular weight excluding hydrogens is 274 g/mol. The summed E-state index contributed by atoms with van der Waals surface area (Å²) in [6.07, 6.45) is 5.68. The minimum Gasteiger partial charge on any atom is -0.495 e. The van der Waals surface area contributed by atoms with Crippen molar-refractivity contribution in [3.05, 3.63) is 17.2 Å². The van der Waals surface area contributed by atoms with Crippen LogP contribution in [0.3, 0.4) is 0 Å². The summed E-state index contributed by atoms with van der Waals surface area (Å²) in [5, 5.41) is 4.11. The average molecular weight is 296 g/mol. The van der Waals surface area contributed by atoms with Gasteiger partial charge in [0, 0.05) is 18.7 Å². The normalized spacial score (nSPS) is 27.6. The van der Waals surface area contributed by atoms with Crippen LogP contribution in [0.2, 0.25) is 5.02 Å². The molecule has 0 amide bonds. The summed E-state index contributed by atoms with van der Waals surface area (Å²) in [6, 6.07) is 3.73. The molecule has 0 aromatic heterocycles. The molecule has 2 aliphatic rings. The van der Waals surface area contributed by atoms with Crippen LogP contribution in [0.15, 0.2) is 12.1 Å². The average Bonchev–Trinajstić information content (AvgIpc) is 3.08. The maximum atomic E-state index is 6.13. The van der Waals surface area contributed by atoms with E-state index in [1.165, 1.54) is 25.7 Å². The molecule has 1 N–H and O–H groups in total. The highest BCUT2D eigenvalue weighted by atomic mass is 35.5. The van der Waals surface area contributed by atoms with Crippen LogP contribution in [0.1, 0.15) is 25.7 Å². The number of fused-ring (bicyclic) bond motifs is 2. The summed E-state index contributed by atoms with van der Waals surface area (Å²) in [7, 11) is 3.30. The number of methoxy groups -OCH3 is 2. The molecule has 0 spiro atoms. The molecule has 1 aromatic carbocycles. The summed E-state index contributed by atoms with van der Waals surface area (Å²) in [5.74, 6) is 4.17. The Morgan fingerprint density at radius 3 is 2.55 bits per heavy atom. The second-order valence-corrected chi connectivity index (χ2v) is 6.41. The second-order valence-electron chi connectivity index (χ2n) is 6.00. The molecule has 3 rings (SSSR count). The van der Waals surface area contributed by atoms with Crippen LogP contribution in [0.4, 0.5) is 5.69 Å². The first-order valence-corrected chi connectivity index (χ1v) is 7.74. The molecule has 2 fully saturated rings. The Hall–Kier alpha value is -1.09. The van der Waals surface area contributed by atoms with E-state index in [1.54, 1.807) is 14.2 Å². The van der Waals surface area contributed by atoms with Crippen LogP contribution in [0.25, 0.3) is 0 Å². The van der Waals surface area contributed by atoms with E-state index in [-0.39, 0.29) is 0 Å². The van der Waals surface area contributed by atoms with E-state index in [1.807, 2.05) is 12.1 Å². The van der Waals surface area contributed by atoms with Gasteiger partial charge in [0.05, 0.1) is 24.9 Å². The molecule has 4 heteroatoms. The maximum absolute atomic E-state index is 6.13. The van der Waals surface area contributed by atoms with Gasteiger partial charge in [-0.05, 0) is 37.0 Å². The standard InChI is InChI=1S/C16H22ClNO2/c1-19-15-8-14(16(20-2)7-13(15)17)18-9-12-6-10-3-4-11(12)5-10/h7-8,10-12,18H,3-6,9H2,1-2H3. The number of rotatable bonds is 5. The molecule has 3 atom stereocenters. The molecule has 3 nitrogen and oxygen atoms in total. The van der Waals surface area contributed by atoms with E-state index < -0.39 is 0 Å². The van der Waals surface area contributed by atoms with Gasteiger partial charge in [0.2, 0.25) is 0 Å². The SMILES string of the molecule is COc1cc(NCC2CC3CCC2C3)c(OC)cc1Cl. The lowest BCUT2D eigenvalue weighted by atomic mass is 9.89. The Balaban J connectivity index is 1.70. The van der Waals surface area contributed by atoms with E-state index in [4.69, 9.17) is 21.1 Å². The fourth-order valence-electron chi connectivity index (χ4n) is 3.87. The summed E-state index contributed by atoms with van der Waals surface area (Å²) in [4.78, 5) is 0. The van der Waals surface area contributed by atoms with Gasteiger partial charge in [-0.1, -0.05) is 18.0 Å². The zero-order valence-electron chi connectivity index (χ0n) is 12.1.